The van der Waals surface area contributed by atoms with Gasteiger partial charge in [-0.05, 0) is 18.5 Å². The van der Waals surface area contributed by atoms with Crippen LogP contribution in [0.5, 0.6) is 0 Å². The molecule has 4 amide bonds. The number of carbonyl (C=O) groups is 4. The van der Waals surface area contributed by atoms with Crippen LogP contribution in [-0.2, 0) is 9.59 Å². The molecular formula is C9H12ClN3O5. The van der Waals surface area contributed by atoms with Crippen LogP contribution in [0, 0.1) is 0 Å². The highest BCUT2D eigenvalue weighted by Crippen LogP contribution is 2.13. The van der Waals surface area contributed by atoms with Gasteiger partial charge in [0, 0.05) is 19.6 Å². The van der Waals surface area contributed by atoms with Crippen LogP contribution < -0.4 is 5.32 Å². The first-order chi connectivity index (χ1) is 8.34. The van der Waals surface area contributed by atoms with Crippen molar-refractivity contribution in [2.45, 2.75) is 13.0 Å². The van der Waals surface area contributed by atoms with Crippen molar-refractivity contribution in [2.24, 2.45) is 0 Å². The molecule has 0 saturated carbocycles. The Hall–Kier alpha value is -1.83. The molecule has 0 aromatic carbocycles. The van der Waals surface area contributed by atoms with E-state index in [1.165, 1.54) is 4.90 Å². The molecule has 0 bridgehead atoms. The van der Waals surface area contributed by atoms with Crippen molar-refractivity contribution in [2.75, 3.05) is 19.6 Å². The minimum Gasteiger partial charge on any atom is -0.465 e. The molecule has 8 nitrogen and oxygen atoms in total. The number of nitrogens with zero attached hydrogens (tertiary/aromatic N) is 2. The molecule has 18 heavy (non-hydrogen) atoms. The molecule has 1 heterocycles. The van der Waals surface area contributed by atoms with E-state index in [9.17, 15) is 19.2 Å². The summed E-state index contributed by atoms with van der Waals surface area (Å²) in [6.07, 6.45) is -1.21. The summed E-state index contributed by atoms with van der Waals surface area (Å²) in [6, 6.07) is -0.537. The molecule has 2 N–H and O–H groups in total. The molecule has 100 valence electrons. The van der Waals surface area contributed by atoms with Crippen molar-refractivity contribution < 1.29 is 24.3 Å². The van der Waals surface area contributed by atoms with E-state index in [-0.39, 0.29) is 19.6 Å². The molecule has 1 aliphatic rings. The number of nitrogens with one attached hydrogen (secondary N) is 1. The van der Waals surface area contributed by atoms with Gasteiger partial charge < -0.3 is 15.3 Å². The minimum absolute atomic E-state index is 0.00982. The summed E-state index contributed by atoms with van der Waals surface area (Å²) < 4.78 is 0. The van der Waals surface area contributed by atoms with Gasteiger partial charge in [-0.2, -0.15) is 0 Å². The van der Waals surface area contributed by atoms with Crippen LogP contribution in [0.1, 0.15) is 6.92 Å². The van der Waals surface area contributed by atoms with Crippen molar-refractivity contribution >= 4 is 34.9 Å². The zero-order chi connectivity index (χ0) is 13.9. The van der Waals surface area contributed by atoms with E-state index in [0.29, 0.717) is 4.90 Å². The molecule has 0 aliphatic carbocycles. The Kier molecular flexibility index (Phi) is 4.49. The van der Waals surface area contributed by atoms with Crippen LogP contribution in [0.15, 0.2) is 0 Å². The lowest BCUT2D eigenvalue weighted by Gasteiger charge is -2.36. The summed E-state index contributed by atoms with van der Waals surface area (Å²) in [7, 11) is 0. The van der Waals surface area contributed by atoms with Crippen molar-refractivity contribution in [3.8, 4) is 0 Å². The second kappa shape index (κ2) is 5.67. The molecule has 1 atom stereocenters. The summed E-state index contributed by atoms with van der Waals surface area (Å²) in [5, 5.41) is 9.46. The third-order valence-corrected chi connectivity index (χ3v) is 2.64. The van der Waals surface area contributed by atoms with Gasteiger partial charge in [0.1, 0.15) is 0 Å². The molecule has 1 aliphatic heterocycles. The predicted molar refractivity (Wildman–Crippen MR) is 60.2 cm³/mol. The third kappa shape index (κ3) is 3.10. The summed E-state index contributed by atoms with van der Waals surface area (Å²) in [5.41, 5.74) is 0. The average molecular weight is 278 g/mol. The molecule has 1 rings (SSSR count). The Balaban J connectivity index is 2.64. The van der Waals surface area contributed by atoms with E-state index in [2.05, 4.69) is 5.32 Å². The normalized spacial score (nSPS) is 20.0. The average Bonchev–Trinajstić information content (AvgIpc) is 2.24. The highest BCUT2D eigenvalue weighted by molar-refractivity contribution is 6.65. The fourth-order valence-electron chi connectivity index (χ4n) is 1.67. The van der Waals surface area contributed by atoms with Gasteiger partial charge in [0.05, 0.1) is 6.04 Å². The smallest absolute Gasteiger partial charge is 0.404 e. The van der Waals surface area contributed by atoms with Crippen LogP contribution in [-0.4, -0.2) is 63.9 Å². The zero-order valence-corrected chi connectivity index (χ0v) is 10.3. The van der Waals surface area contributed by atoms with E-state index >= 15 is 0 Å². The molecule has 0 spiro atoms. The van der Waals surface area contributed by atoms with Crippen LogP contribution in [0.2, 0.25) is 0 Å². The Morgan fingerprint density at radius 1 is 1.44 bits per heavy atom. The Labute approximate surface area is 107 Å². The summed E-state index contributed by atoms with van der Waals surface area (Å²) >= 11 is 5.21. The van der Waals surface area contributed by atoms with Crippen molar-refractivity contribution in [3.05, 3.63) is 0 Å². The Morgan fingerprint density at radius 3 is 2.56 bits per heavy atom. The van der Waals surface area contributed by atoms with Gasteiger partial charge in [0.2, 0.25) is 0 Å². The number of halogens is 1. The molecule has 9 heteroatoms. The van der Waals surface area contributed by atoms with E-state index in [0.717, 1.165) is 0 Å². The minimum atomic E-state index is -1.21. The van der Waals surface area contributed by atoms with Gasteiger partial charge >= 0.3 is 23.3 Å². The first-order valence-corrected chi connectivity index (χ1v) is 5.51. The summed E-state index contributed by atoms with van der Waals surface area (Å²) in [5.74, 6) is -1.86. The second-order valence-electron chi connectivity index (χ2n) is 3.76. The van der Waals surface area contributed by atoms with Crippen LogP contribution >= 0.6 is 11.6 Å². The third-order valence-electron chi connectivity index (χ3n) is 2.46. The van der Waals surface area contributed by atoms with Crippen LogP contribution in [0.4, 0.5) is 9.59 Å². The van der Waals surface area contributed by atoms with E-state index in [4.69, 9.17) is 16.7 Å². The number of piperazine rings is 1. The van der Waals surface area contributed by atoms with Crippen LogP contribution in [0.25, 0.3) is 0 Å². The molecule has 0 unspecified atom stereocenters. The fourth-order valence-corrected chi connectivity index (χ4v) is 1.91. The highest BCUT2D eigenvalue weighted by atomic mass is 35.5. The molecule has 0 aromatic heterocycles. The highest BCUT2D eigenvalue weighted by Gasteiger charge is 2.39. The Bertz CT molecular complexity index is 400. The second-order valence-corrected chi connectivity index (χ2v) is 4.08. The van der Waals surface area contributed by atoms with Gasteiger partial charge in [-0.25, -0.2) is 4.79 Å². The zero-order valence-electron chi connectivity index (χ0n) is 9.55. The maximum absolute atomic E-state index is 11.6. The van der Waals surface area contributed by atoms with Crippen molar-refractivity contribution in [1.29, 1.82) is 0 Å². The van der Waals surface area contributed by atoms with Crippen molar-refractivity contribution in [1.82, 2.24) is 15.1 Å². The lowest BCUT2D eigenvalue weighted by molar-refractivity contribution is -0.155. The van der Waals surface area contributed by atoms with Crippen molar-refractivity contribution in [3.63, 3.8) is 0 Å². The maximum Gasteiger partial charge on any atom is 0.404 e. The van der Waals surface area contributed by atoms with Gasteiger partial charge in [-0.3, -0.25) is 19.3 Å². The molecular weight excluding hydrogens is 266 g/mol. The number of imide groups is 1. The number of carbonyl (C=O) groups excluding carboxylic acids is 3. The predicted octanol–water partition coefficient (Wildman–Crippen LogP) is -0.328. The molecule has 0 radical (unpaired) electrons. The largest absolute Gasteiger partial charge is 0.465 e. The molecule has 1 fully saturated rings. The number of rotatable bonds is 3. The number of hydrogen-bond acceptors (Lipinski definition) is 4. The quantitative estimate of drug-likeness (QED) is 0.417. The summed E-state index contributed by atoms with van der Waals surface area (Å²) in [6.45, 7) is 1.77. The lowest BCUT2D eigenvalue weighted by Crippen LogP contribution is -2.60. The number of hydrogen-bond donors (Lipinski definition) is 2. The van der Waals surface area contributed by atoms with E-state index in [1.807, 2.05) is 0 Å². The molecule has 0 aromatic rings. The van der Waals surface area contributed by atoms with Gasteiger partial charge in [-0.15, -0.1) is 0 Å². The van der Waals surface area contributed by atoms with Gasteiger partial charge in [0.15, 0.2) is 0 Å². The first kappa shape index (κ1) is 14.2. The topological polar surface area (TPSA) is 107 Å². The Morgan fingerprint density at radius 2 is 2.06 bits per heavy atom. The first-order valence-electron chi connectivity index (χ1n) is 5.13. The van der Waals surface area contributed by atoms with E-state index < -0.39 is 29.3 Å². The number of amides is 4. The summed E-state index contributed by atoms with van der Waals surface area (Å²) in [4.78, 5) is 46.3. The number of carboxylic acid groups (broad SMARTS) is 1. The van der Waals surface area contributed by atoms with Crippen LogP contribution in [0.3, 0.4) is 0 Å². The monoisotopic (exact) mass is 277 g/mol. The van der Waals surface area contributed by atoms with Gasteiger partial charge in [-0.1, -0.05) is 0 Å². The SMILES string of the molecule is C[C@H]1CN(CCNC(=O)O)C(=O)C(=O)N1C(=O)Cl. The van der Waals surface area contributed by atoms with E-state index in [1.54, 1.807) is 6.92 Å². The maximum atomic E-state index is 11.6. The lowest BCUT2D eigenvalue weighted by atomic mass is 10.2. The molecule has 1 saturated heterocycles. The van der Waals surface area contributed by atoms with Gasteiger partial charge in [0.25, 0.3) is 0 Å². The fraction of sp³-hybridized carbons (Fsp3) is 0.556. The standard InChI is InChI=1S/C9H12ClN3O5/c1-5-4-12(3-2-11-9(17)18)6(14)7(15)13(5)8(10)16/h5,11H,2-4H2,1H3,(H,17,18)/t5-/m0/s1.